The van der Waals surface area contributed by atoms with E-state index in [0.717, 1.165) is 58.0 Å². The van der Waals surface area contributed by atoms with Crippen molar-refractivity contribution in [2.75, 3.05) is 24.6 Å². The first-order valence-electron chi connectivity index (χ1n) is 10.5. The number of hydrogen-bond donors (Lipinski definition) is 1. The molecule has 1 aromatic rings. The Kier molecular flexibility index (Phi) is 7.43. The standard InChI is InChI=1S/C21H29N3O5/c25-20(22-17-8-4-1-2-5-9-17)15-29-21(26)16-10-11-18(19(14-16)24(27)28)23-12-6-3-7-13-23/h10-11,14,17H,1-9,12-13,15H2,(H,22,25). The van der Waals surface area contributed by atoms with E-state index >= 15 is 0 Å². The van der Waals surface area contributed by atoms with E-state index in [1.54, 1.807) is 6.07 Å². The predicted molar refractivity (Wildman–Crippen MR) is 109 cm³/mol. The van der Waals surface area contributed by atoms with Crippen LogP contribution in [0.1, 0.15) is 68.1 Å². The lowest BCUT2D eigenvalue weighted by molar-refractivity contribution is -0.384. The molecule has 158 valence electrons. The van der Waals surface area contributed by atoms with Gasteiger partial charge in [0.15, 0.2) is 6.61 Å². The minimum absolute atomic E-state index is 0.0831. The third-order valence-corrected chi connectivity index (χ3v) is 5.66. The molecule has 1 saturated heterocycles. The molecule has 0 unspecified atom stereocenters. The average molecular weight is 403 g/mol. The number of nitro groups is 1. The van der Waals surface area contributed by atoms with Gasteiger partial charge in [-0.3, -0.25) is 14.9 Å². The van der Waals surface area contributed by atoms with Crippen molar-refractivity contribution in [2.45, 2.75) is 63.8 Å². The highest BCUT2D eigenvalue weighted by Gasteiger charge is 2.24. The minimum atomic E-state index is -0.727. The summed E-state index contributed by atoms with van der Waals surface area (Å²) in [6.07, 6.45) is 9.58. The van der Waals surface area contributed by atoms with Crippen LogP contribution in [0.4, 0.5) is 11.4 Å². The molecule has 0 bridgehead atoms. The number of benzene rings is 1. The molecular weight excluding hydrogens is 374 g/mol. The van der Waals surface area contributed by atoms with Gasteiger partial charge in [-0.1, -0.05) is 25.7 Å². The molecule has 0 radical (unpaired) electrons. The van der Waals surface area contributed by atoms with Gasteiger partial charge >= 0.3 is 5.97 Å². The summed E-state index contributed by atoms with van der Waals surface area (Å²) in [6, 6.07) is 4.51. The van der Waals surface area contributed by atoms with E-state index in [1.807, 2.05) is 4.90 Å². The van der Waals surface area contributed by atoms with Gasteiger partial charge in [0.2, 0.25) is 0 Å². The topological polar surface area (TPSA) is 102 Å². The number of piperidine rings is 1. The van der Waals surface area contributed by atoms with Crippen LogP contribution in [0.3, 0.4) is 0 Å². The Balaban J connectivity index is 1.59. The van der Waals surface area contributed by atoms with Crippen LogP contribution in [-0.4, -0.2) is 42.5 Å². The first-order chi connectivity index (χ1) is 14.0. The molecule has 0 spiro atoms. The summed E-state index contributed by atoms with van der Waals surface area (Å²) in [5.41, 5.74) is 0.501. The Bertz CT molecular complexity index is 738. The number of hydrogen-bond acceptors (Lipinski definition) is 6. The van der Waals surface area contributed by atoms with Crippen molar-refractivity contribution in [2.24, 2.45) is 0 Å². The highest BCUT2D eigenvalue weighted by atomic mass is 16.6. The van der Waals surface area contributed by atoms with E-state index in [0.29, 0.717) is 5.69 Å². The molecule has 8 nitrogen and oxygen atoms in total. The van der Waals surface area contributed by atoms with Crippen molar-refractivity contribution >= 4 is 23.3 Å². The van der Waals surface area contributed by atoms with Gasteiger partial charge in [-0.25, -0.2) is 4.79 Å². The van der Waals surface area contributed by atoms with Gasteiger partial charge < -0.3 is 15.0 Å². The van der Waals surface area contributed by atoms with Crippen LogP contribution in [-0.2, 0) is 9.53 Å². The second kappa shape index (κ2) is 10.2. The summed E-state index contributed by atoms with van der Waals surface area (Å²) >= 11 is 0. The zero-order valence-corrected chi connectivity index (χ0v) is 16.7. The lowest BCUT2D eigenvalue weighted by atomic mass is 10.1. The maximum Gasteiger partial charge on any atom is 0.338 e. The van der Waals surface area contributed by atoms with Crippen LogP contribution in [0, 0.1) is 10.1 Å². The normalized spacial score (nSPS) is 18.0. The van der Waals surface area contributed by atoms with E-state index in [9.17, 15) is 19.7 Å². The number of amides is 1. The summed E-state index contributed by atoms with van der Waals surface area (Å²) in [5, 5.41) is 14.4. The molecule has 0 aromatic heterocycles. The smallest absolute Gasteiger partial charge is 0.338 e. The fraction of sp³-hybridized carbons (Fsp3) is 0.619. The van der Waals surface area contributed by atoms with Crippen molar-refractivity contribution in [3.05, 3.63) is 33.9 Å². The molecule has 0 atom stereocenters. The second-order valence-corrected chi connectivity index (χ2v) is 7.84. The molecule has 1 aromatic carbocycles. The number of carbonyl (C=O) groups is 2. The average Bonchev–Trinajstić information content (AvgIpc) is 3.00. The summed E-state index contributed by atoms with van der Waals surface area (Å²) in [7, 11) is 0. The third kappa shape index (κ3) is 5.92. The Morgan fingerprint density at radius 1 is 1.07 bits per heavy atom. The molecule has 2 fully saturated rings. The van der Waals surface area contributed by atoms with Gasteiger partial charge in [0.1, 0.15) is 5.69 Å². The molecular formula is C21H29N3O5. The number of nitro benzene ring substituents is 1. The molecule has 8 heteroatoms. The van der Waals surface area contributed by atoms with Gasteiger partial charge in [-0.05, 0) is 44.2 Å². The van der Waals surface area contributed by atoms with E-state index in [1.165, 1.54) is 25.0 Å². The van der Waals surface area contributed by atoms with Crippen LogP contribution in [0.15, 0.2) is 18.2 Å². The molecule has 1 aliphatic heterocycles. The van der Waals surface area contributed by atoms with E-state index in [4.69, 9.17) is 4.74 Å². The largest absolute Gasteiger partial charge is 0.452 e. The Morgan fingerprint density at radius 2 is 1.72 bits per heavy atom. The Hall–Kier alpha value is -2.64. The highest BCUT2D eigenvalue weighted by molar-refractivity contribution is 5.93. The van der Waals surface area contributed by atoms with Crippen LogP contribution in [0.25, 0.3) is 0 Å². The van der Waals surface area contributed by atoms with Crippen molar-refractivity contribution < 1.29 is 19.2 Å². The molecule has 3 rings (SSSR count). The molecule has 1 amide bonds. The van der Waals surface area contributed by atoms with Crippen molar-refractivity contribution in [3.63, 3.8) is 0 Å². The first kappa shape index (κ1) is 21.1. The molecule has 29 heavy (non-hydrogen) atoms. The summed E-state index contributed by atoms with van der Waals surface area (Å²) in [4.78, 5) is 37.4. The van der Waals surface area contributed by atoms with Crippen LogP contribution in [0.2, 0.25) is 0 Å². The lowest BCUT2D eigenvalue weighted by Crippen LogP contribution is -2.37. The number of rotatable bonds is 6. The van der Waals surface area contributed by atoms with Gasteiger partial charge in [-0.15, -0.1) is 0 Å². The third-order valence-electron chi connectivity index (χ3n) is 5.66. The molecule has 1 N–H and O–H groups in total. The zero-order chi connectivity index (χ0) is 20.6. The monoisotopic (exact) mass is 403 g/mol. The first-order valence-corrected chi connectivity index (χ1v) is 10.5. The van der Waals surface area contributed by atoms with Crippen LogP contribution in [0.5, 0.6) is 0 Å². The van der Waals surface area contributed by atoms with Gasteiger partial charge in [0.25, 0.3) is 11.6 Å². The summed E-state index contributed by atoms with van der Waals surface area (Å²) in [6.45, 7) is 1.16. The highest BCUT2D eigenvalue weighted by Crippen LogP contribution is 2.31. The lowest BCUT2D eigenvalue weighted by Gasteiger charge is -2.28. The second-order valence-electron chi connectivity index (χ2n) is 7.84. The molecule has 1 saturated carbocycles. The maximum absolute atomic E-state index is 12.3. The van der Waals surface area contributed by atoms with E-state index < -0.39 is 10.9 Å². The number of esters is 1. The number of ether oxygens (including phenoxy) is 1. The SMILES string of the molecule is O=C(COC(=O)c1ccc(N2CCCCC2)c([N+](=O)[O-])c1)NC1CCCCCC1. The number of nitrogens with zero attached hydrogens (tertiary/aromatic N) is 2. The summed E-state index contributed by atoms with van der Waals surface area (Å²) in [5.74, 6) is -1.06. The quantitative estimate of drug-likeness (QED) is 0.337. The van der Waals surface area contributed by atoms with Gasteiger partial charge in [-0.2, -0.15) is 0 Å². The van der Waals surface area contributed by atoms with Crippen molar-refractivity contribution in [3.8, 4) is 0 Å². The van der Waals surface area contributed by atoms with Crippen LogP contribution < -0.4 is 10.2 Å². The summed E-state index contributed by atoms with van der Waals surface area (Å²) < 4.78 is 5.10. The van der Waals surface area contributed by atoms with Crippen molar-refractivity contribution in [1.82, 2.24) is 5.32 Å². The Labute approximate surface area is 170 Å². The van der Waals surface area contributed by atoms with Gasteiger partial charge in [0, 0.05) is 25.2 Å². The Morgan fingerprint density at radius 3 is 2.38 bits per heavy atom. The van der Waals surface area contributed by atoms with Crippen molar-refractivity contribution in [1.29, 1.82) is 0 Å². The fourth-order valence-electron chi connectivity index (χ4n) is 4.11. The number of nitrogens with one attached hydrogen (secondary N) is 1. The minimum Gasteiger partial charge on any atom is -0.452 e. The van der Waals surface area contributed by atoms with E-state index in [2.05, 4.69) is 5.32 Å². The number of anilines is 1. The molecule has 2 aliphatic rings. The maximum atomic E-state index is 12.3. The fourth-order valence-corrected chi connectivity index (χ4v) is 4.11. The van der Waals surface area contributed by atoms with Crippen LogP contribution >= 0.6 is 0 Å². The number of carbonyl (C=O) groups excluding carboxylic acids is 2. The zero-order valence-electron chi connectivity index (χ0n) is 16.7. The molecule has 1 heterocycles. The van der Waals surface area contributed by atoms with E-state index in [-0.39, 0.29) is 29.8 Å². The van der Waals surface area contributed by atoms with Gasteiger partial charge in [0.05, 0.1) is 10.5 Å². The predicted octanol–water partition coefficient (Wildman–Crippen LogP) is 3.58. The molecule has 1 aliphatic carbocycles.